The van der Waals surface area contributed by atoms with Crippen LogP contribution in [-0.4, -0.2) is 10.9 Å². The third-order valence-corrected chi connectivity index (χ3v) is 2.05. The molecule has 15 heavy (non-hydrogen) atoms. The molecular formula is C11H14N2OS. The Hall–Kier alpha value is -1.42. The van der Waals surface area contributed by atoms with Crippen LogP contribution in [0.15, 0.2) is 24.3 Å². The largest absolute Gasteiger partial charge is 0.393 e. The van der Waals surface area contributed by atoms with Crippen LogP contribution in [0.2, 0.25) is 0 Å². The number of nitrogens with one attached hydrogen (secondary N) is 1. The van der Waals surface area contributed by atoms with Crippen molar-refractivity contribution in [3.05, 3.63) is 35.4 Å². The summed E-state index contributed by atoms with van der Waals surface area (Å²) >= 11 is 4.64. The Morgan fingerprint density at radius 2 is 2.27 bits per heavy atom. The number of rotatable bonds is 4. The van der Waals surface area contributed by atoms with Crippen molar-refractivity contribution in [2.75, 3.05) is 0 Å². The van der Waals surface area contributed by atoms with E-state index in [0.29, 0.717) is 6.54 Å². The summed E-state index contributed by atoms with van der Waals surface area (Å²) in [6.07, 6.45) is 0.112. The lowest BCUT2D eigenvalue weighted by molar-refractivity contribution is -0.120. The van der Waals surface area contributed by atoms with E-state index in [4.69, 9.17) is 5.73 Å². The average molecular weight is 222 g/mol. The van der Waals surface area contributed by atoms with Gasteiger partial charge in [-0.1, -0.05) is 42.0 Å². The summed E-state index contributed by atoms with van der Waals surface area (Å²) in [5.41, 5.74) is 7.51. The van der Waals surface area contributed by atoms with Gasteiger partial charge in [0.2, 0.25) is 5.91 Å². The molecule has 0 atom stereocenters. The van der Waals surface area contributed by atoms with E-state index in [-0.39, 0.29) is 17.3 Å². The highest BCUT2D eigenvalue weighted by Gasteiger charge is 2.02. The van der Waals surface area contributed by atoms with Crippen LogP contribution in [0.3, 0.4) is 0 Å². The maximum absolute atomic E-state index is 11.2. The van der Waals surface area contributed by atoms with Crippen LogP contribution in [0.25, 0.3) is 0 Å². The molecule has 1 aromatic rings. The van der Waals surface area contributed by atoms with Crippen LogP contribution < -0.4 is 11.1 Å². The molecule has 4 heteroatoms. The minimum Gasteiger partial charge on any atom is -0.393 e. The summed E-state index contributed by atoms with van der Waals surface area (Å²) in [6, 6.07) is 7.97. The van der Waals surface area contributed by atoms with Gasteiger partial charge < -0.3 is 11.1 Å². The molecule has 0 saturated carbocycles. The van der Waals surface area contributed by atoms with Crippen molar-refractivity contribution in [1.29, 1.82) is 0 Å². The lowest BCUT2D eigenvalue weighted by Gasteiger charge is -2.05. The molecule has 0 bridgehead atoms. The lowest BCUT2D eigenvalue weighted by atomic mass is 10.1. The first kappa shape index (κ1) is 11.7. The van der Waals surface area contributed by atoms with E-state index in [1.165, 1.54) is 5.56 Å². The Kier molecular flexibility index (Phi) is 4.24. The fourth-order valence-corrected chi connectivity index (χ4v) is 1.37. The van der Waals surface area contributed by atoms with Gasteiger partial charge in [0.15, 0.2) is 0 Å². The lowest BCUT2D eigenvalue weighted by Crippen LogP contribution is -2.27. The second-order valence-electron chi connectivity index (χ2n) is 3.41. The van der Waals surface area contributed by atoms with Gasteiger partial charge in [0, 0.05) is 6.54 Å². The van der Waals surface area contributed by atoms with Crippen molar-refractivity contribution in [3.63, 3.8) is 0 Å². The standard InChI is InChI=1S/C11H14N2OS/c1-8-3-2-4-9(5-8)7-13-11(14)6-10(12)15/h2-5H,6-7H2,1H3,(H2,12,15)(H,13,14). The molecule has 1 rings (SSSR count). The van der Waals surface area contributed by atoms with Gasteiger partial charge in [0.25, 0.3) is 0 Å². The van der Waals surface area contributed by atoms with Gasteiger partial charge in [0.1, 0.15) is 0 Å². The van der Waals surface area contributed by atoms with E-state index in [0.717, 1.165) is 5.56 Å². The molecule has 3 nitrogen and oxygen atoms in total. The zero-order valence-corrected chi connectivity index (χ0v) is 9.43. The first-order chi connectivity index (χ1) is 7.08. The normalized spacial score (nSPS) is 9.67. The predicted molar refractivity (Wildman–Crippen MR) is 64.4 cm³/mol. The number of hydrogen-bond donors (Lipinski definition) is 2. The van der Waals surface area contributed by atoms with Crippen LogP contribution in [0.5, 0.6) is 0 Å². The Morgan fingerprint density at radius 3 is 2.87 bits per heavy atom. The van der Waals surface area contributed by atoms with Gasteiger partial charge in [-0.15, -0.1) is 0 Å². The van der Waals surface area contributed by atoms with E-state index >= 15 is 0 Å². The quantitative estimate of drug-likeness (QED) is 0.755. The Bertz CT molecular complexity index is 377. The highest BCUT2D eigenvalue weighted by atomic mass is 32.1. The van der Waals surface area contributed by atoms with E-state index in [2.05, 4.69) is 17.5 Å². The van der Waals surface area contributed by atoms with Crippen molar-refractivity contribution in [2.45, 2.75) is 19.9 Å². The molecule has 1 amide bonds. The SMILES string of the molecule is Cc1cccc(CNC(=O)CC(N)=S)c1. The van der Waals surface area contributed by atoms with Crippen molar-refractivity contribution in [2.24, 2.45) is 5.73 Å². The predicted octanol–water partition coefficient (Wildman–Crippen LogP) is 1.29. The fraction of sp³-hybridized carbons (Fsp3) is 0.273. The van der Waals surface area contributed by atoms with E-state index in [9.17, 15) is 4.79 Å². The van der Waals surface area contributed by atoms with E-state index < -0.39 is 0 Å². The Labute approximate surface area is 94.7 Å². The fourth-order valence-electron chi connectivity index (χ4n) is 1.24. The summed E-state index contributed by atoms with van der Waals surface area (Å²) in [5, 5.41) is 2.75. The number of benzene rings is 1. The summed E-state index contributed by atoms with van der Waals surface area (Å²) in [5.74, 6) is -0.135. The second kappa shape index (κ2) is 5.46. The summed E-state index contributed by atoms with van der Waals surface area (Å²) in [7, 11) is 0. The number of amides is 1. The van der Waals surface area contributed by atoms with Crippen molar-refractivity contribution in [3.8, 4) is 0 Å². The smallest absolute Gasteiger partial charge is 0.227 e. The Morgan fingerprint density at radius 1 is 1.53 bits per heavy atom. The molecule has 0 fully saturated rings. The molecule has 0 radical (unpaired) electrons. The molecule has 80 valence electrons. The molecule has 0 saturated heterocycles. The number of carbonyl (C=O) groups excluding carboxylic acids is 1. The molecule has 1 aromatic carbocycles. The van der Waals surface area contributed by atoms with Crippen LogP contribution in [0, 0.1) is 6.92 Å². The molecule has 0 spiro atoms. The highest BCUT2D eigenvalue weighted by Crippen LogP contribution is 2.03. The Balaban J connectivity index is 2.43. The molecular weight excluding hydrogens is 208 g/mol. The van der Waals surface area contributed by atoms with Gasteiger partial charge in [-0.05, 0) is 12.5 Å². The summed E-state index contributed by atoms with van der Waals surface area (Å²) < 4.78 is 0. The summed E-state index contributed by atoms with van der Waals surface area (Å²) in [6.45, 7) is 2.53. The van der Waals surface area contributed by atoms with Gasteiger partial charge in [-0.3, -0.25) is 4.79 Å². The number of nitrogens with two attached hydrogens (primary N) is 1. The van der Waals surface area contributed by atoms with Gasteiger partial charge in [-0.25, -0.2) is 0 Å². The van der Waals surface area contributed by atoms with Crippen molar-refractivity contribution >= 4 is 23.1 Å². The molecule has 0 unspecified atom stereocenters. The third kappa shape index (κ3) is 4.56. The van der Waals surface area contributed by atoms with Crippen LogP contribution in [0.4, 0.5) is 0 Å². The second-order valence-corrected chi connectivity index (χ2v) is 3.93. The minimum atomic E-state index is -0.135. The average Bonchev–Trinajstić information content (AvgIpc) is 2.14. The first-order valence-corrected chi connectivity index (χ1v) is 5.09. The number of carbonyl (C=O) groups is 1. The molecule has 3 N–H and O–H groups in total. The number of hydrogen-bond acceptors (Lipinski definition) is 2. The molecule has 0 aliphatic carbocycles. The number of thiocarbonyl (C=S) groups is 1. The first-order valence-electron chi connectivity index (χ1n) is 4.68. The molecule has 0 heterocycles. The van der Waals surface area contributed by atoms with Crippen molar-refractivity contribution < 1.29 is 4.79 Å². The van der Waals surface area contributed by atoms with Crippen LogP contribution >= 0.6 is 12.2 Å². The van der Waals surface area contributed by atoms with Gasteiger partial charge in [-0.2, -0.15) is 0 Å². The van der Waals surface area contributed by atoms with Gasteiger partial charge in [0.05, 0.1) is 11.4 Å². The van der Waals surface area contributed by atoms with Crippen molar-refractivity contribution in [1.82, 2.24) is 5.32 Å². The van der Waals surface area contributed by atoms with Crippen LogP contribution in [-0.2, 0) is 11.3 Å². The van der Waals surface area contributed by atoms with Gasteiger partial charge >= 0.3 is 0 Å². The van der Waals surface area contributed by atoms with Crippen LogP contribution in [0.1, 0.15) is 17.5 Å². The maximum atomic E-state index is 11.2. The maximum Gasteiger partial charge on any atom is 0.227 e. The molecule has 0 aliphatic rings. The molecule has 0 aliphatic heterocycles. The zero-order chi connectivity index (χ0) is 11.3. The monoisotopic (exact) mass is 222 g/mol. The van der Waals surface area contributed by atoms with E-state index in [1.54, 1.807) is 0 Å². The third-order valence-electron chi connectivity index (χ3n) is 1.91. The minimum absolute atomic E-state index is 0.112. The highest BCUT2D eigenvalue weighted by molar-refractivity contribution is 7.80. The number of aryl methyl sites for hydroxylation is 1. The van der Waals surface area contributed by atoms with E-state index in [1.807, 2.05) is 31.2 Å². The molecule has 0 aromatic heterocycles. The summed E-state index contributed by atoms with van der Waals surface area (Å²) in [4.78, 5) is 11.5. The topological polar surface area (TPSA) is 55.1 Å². The zero-order valence-electron chi connectivity index (χ0n) is 8.62.